The lowest BCUT2D eigenvalue weighted by Gasteiger charge is -2.24. The summed E-state index contributed by atoms with van der Waals surface area (Å²) in [5.74, 6) is 1.25. The average molecular weight is 308 g/mol. The number of rotatable bonds is 4. The zero-order chi connectivity index (χ0) is 16.2. The lowest BCUT2D eigenvalue weighted by molar-refractivity contribution is 0.0293. The predicted octanol–water partition coefficient (Wildman–Crippen LogP) is 2.30. The minimum atomic E-state index is -0.471. The molecule has 1 saturated heterocycles. The molecule has 1 amide bonds. The zero-order valence-electron chi connectivity index (χ0n) is 13.6. The Morgan fingerprint density at radius 2 is 2.23 bits per heavy atom. The Labute approximate surface area is 131 Å². The van der Waals surface area contributed by atoms with Crippen molar-refractivity contribution < 1.29 is 14.3 Å². The Bertz CT molecular complexity index is 516. The van der Waals surface area contributed by atoms with Gasteiger partial charge in [-0.3, -0.25) is 0 Å². The number of likely N-dealkylation sites (tertiary alicyclic amines) is 1. The maximum Gasteiger partial charge on any atom is 0.410 e. The van der Waals surface area contributed by atoms with Gasteiger partial charge in [0.2, 0.25) is 5.88 Å². The van der Waals surface area contributed by atoms with Crippen LogP contribution in [0.1, 0.15) is 34.1 Å². The van der Waals surface area contributed by atoms with Crippen LogP contribution in [-0.4, -0.2) is 52.3 Å². The Hall–Kier alpha value is -2.05. The summed E-state index contributed by atoms with van der Waals surface area (Å²) < 4.78 is 10.7. The zero-order valence-corrected chi connectivity index (χ0v) is 13.6. The number of anilines is 1. The first-order valence-electron chi connectivity index (χ1n) is 7.56. The molecule has 0 saturated carbocycles. The van der Waals surface area contributed by atoms with Gasteiger partial charge in [-0.05, 0) is 34.1 Å². The third-order valence-electron chi connectivity index (χ3n) is 3.13. The summed E-state index contributed by atoms with van der Waals surface area (Å²) in [7, 11) is 0. The number of carbonyl (C=O) groups is 1. The molecule has 0 bridgehead atoms. The molecule has 0 aliphatic carbocycles. The van der Waals surface area contributed by atoms with E-state index in [9.17, 15) is 4.79 Å². The third-order valence-corrected chi connectivity index (χ3v) is 3.13. The molecule has 0 aromatic carbocycles. The number of aromatic nitrogens is 2. The molecular formula is C15H24N4O3. The fourth-order valence-corrected chi connectivity index (χ4v) is 2.22. The second kappa shape index (κ2) is 6.81. The molecule has 1 aromatic heterocycles. The molecule has 1 fully saturated rings. The second-order valence-electron chi connectivity index (χ2n) is 6.23. The van der Waals surface area contributed by atoms with Gasteiger partial charge in [0.15, 0.2) is 0 Å². The highest BCUT2D eigenvalue weighted by molar-refractivity contribution is 5.68. The van der Waals surface area contributed by atoms with Crippen molar-refractivity contribution in [2.75, 3.05) is 25.0 Å². The van der Waals surface area contributed by atoms with Gasteiger partial charge in [-0.25, -0.2) is 14.8 Å². The van der Waals surface area contributed by atoms with Crippen LogP contribution in [0.5, 0.6) is 5.88 Å². The van der Waals surface area contributed by atoms with Gasteiger partial charge in [0, 0.05) is 25.2 Å². The van der Waals surface area contributed by atoms with E-state index >= 15 is 0 Å². The number of carbonyl (C=O) groups excluding carboxylic acids is 1. The van der Waals surface area contributed by atoms with Gasteiger partial charge < -0.3 is 19.7 Å². The summed E-state index contributed by atoms with van der Waals surface area (Å²) in [6.45, 7) is 9.35. The van der Waals surface area contributed by atoms with Crippen LogP contribution >= 0.6 is 0 Å². The number of hydrogen-bond acceptors (Lipinski definition) is 6. The predicted molar refractivity (Wildman–Crippen MR) is 83.0 cm³/mol. The largest absolute Gasteiger partial charge is 0.478 e. The fraction of sp³-hybridized carbons (Fsp3) is 0.667. The maximum absolute atomic E-state index is 12.0. The lowest BCUT2D eigenvalue weighted by Crippen LogP contribution is -2.36. The summed E-state index contributed by atoms with van der Waals surface area (Å²) in [5.41, 5.74) is -0.471. The molecule has 1 aliphatic rings. The fourth-order valence-electron chi connectivity index (χ4n) is 2.22. The number of nitrogens with zero attached hydrogens (tertiary/aromatic N) is 3. The lowest BCUT2D eigenvalue weighted by atomic mass is 10.2. The average Bonchev–Trinajstić information content (AvgIpc) is 2.86. The van der Waals surface area contributed by atoms with E-state index in [1.807, 2.05) is 27.7 Å². The summed E-state index contributed by atoms with van der Waals surface area (Å²) in [6, 6.07) is 1.91. The molecule has 0 spiro atoms. The number of amides is 1. The highest BCUT2D eigenvalue weighted by Gasteiger charge is 2.29. The minimum Gasteiger partial charge on any atom is -0.478 e. The first-order chi connectivity index (χ1) is 10.4. The van der Waals surface area contributed by atoms with Crippen molar-refractivity contribution in [2.24, 2.45) is 0 Å². The third kappa shape index (κ3) is 4.75. The number of nitrogens with one attached hydrogen (secondary N) is 1. The molecule has 0 radical (unpaired) electrons. The van der Waals surface area contributed by atoms with E-state index in [0.29, 0.717) is 31.4 Å². The topological polar surface area (TPSA) is 76.6 Å². The molecule has 22 heavy (non-hydrogen) atoms. The summed E-state index contributed by atoms with van der Waals surface area (Å²) in [6.07, 6.45) is 2.05. The highest BCUT2D eigenvalue weighted by Crippen LogP contribution is 2.19. The van der Waals surface area contributed by atoms with Crippen LogP contribution in [0.3, 0.4) is 0 Å². The van der Waals surface area contributed by atoms with Crippen LogP contribution < -0.4 is 10.1 Å². The Balaban J connectivity index is 1.88. The number of hydrogen-bond donors (Lipinski definition) is 1. The van der Waals surface area contributed by atoms with Crippen molar-refractivity contribution in [1.82, 2.24) is 14.9 Å². The van der Waals surface area contributed by atoms with Crippen LogP contribution in [0.2, 0.25) is 0 Å². The van der Waals surface area contributed by atoms with E-state index in [1.165, 1.54) is 6.33 Å². The Kier molecular flexibility index (Phi) is 5.05. The minimum absolute atomic E-state index is 0.150. The van der Waals surface area contributed by atoms with Crippen LogP contribution in [0.4, 0.5) is 10.6 Å². The summed E-state index contributed by atoms with van der Waals surface area (Å²) in [5, 5.41) is 3.31. The molecule has 0 unspecified atom stereocenters. The molecule has 2 heterocycles. The second-order valence-corrected chi connectivity index (χ2v) is 6.23. The molecule has 7 nitrogen and oxygen atoms in total. The van der Waals surface area contributed by atoms with Gasteiger partial charge in [-0.2, -0.15) is 0 Å². The standard InChI is InChI=1S/C15H24N4O3/c1-5-21-13-8-12(16-10-17-13)18-11-6-7-19(9-11)14(20)22-15(2,3)4/h8,10-11H,5-7,9H2,1-4H3,(H,16,17,18)/t11-/m0/s1. The van der Waals surface area contributed by atoms with E-state index in [-0.39, 0.29) is 12.1 Å². The van der Waals surface area contributed by atoms with Gasteiger partial charge in [-0.15, -0.1) is 0 Å². The maximum atomic E-state index is 12.0. The van der Waals surface area contributed by atoms with E-state index in [4.69, 9.17) is 9.47 Å². The normalized spacial score (nSPS) is 18.2. The van der Waals surface area contributed by atoms with Crippen LogP contribution in [0.15, 0.2) is 12.4 Å². The van der Waals surface area contributed by atoms with Gasteiger partial charge in [0.05, 0.1) is 6.61 Å². The SMILES string of the molecule is CCOc1cc(N[C@H]2CCN(C(=O)OC(C)(C)C)C2)ncn1. The molecule has 1 N–H and O–H groups in total. The monoisotopic (exact) mass is 308 g/mol. The van der Waals surface area contributed by atoms with Crippen LogP contribution in [-0.2, 0) is 4.74 Å². The van der Waals surface area contributed by atoms with E-state index in [2.05, 4.69) is 15.3 Å². The smallest absolute Gasteiger partial charge is 0.410 e. The molecule has 122 valence electrons. The van der Waals surface area contributed by atoms with Crippen LogP contribution in [0.25, 0.3) is 0 Å². The van der Waals surface area contributed by atoms with Crippen LogP contribution in [0, 0.1) is 0 Å². The quantitative estimate of drug-likeness (QED) is 0.919. The van der Waals surface area contributed by atoms with Crippen molar-refractivity contribution >= 4 is 11.9 Å². The molecule has 1 aliphatic heterocycles. The van der Waals surface area contributed by atoms with Crippen molar-refractivity contribution in [1.29, 1.82) is 0 Å². The van der Waals surface area contributed by atoms with Crippen molar-refractivity contribution in [3.8, 4) is 5.88 Å². The molecule has 7 heteroatoms. The van der Waals surface area contributed by atoms with Gasteiger partial charge in [-0.1, -0.05) is 0 Å². The first-order valence-corrected chi connectivity index (χ1v) is 7.56. The molecule has 1 aromatic rings. The number of ether oxygens (including phenoxy) is 2. The van der Waals surface area contributed by atoms with Gasteiger partial charge >= 0.3 is 6.09 Å². The van der Waals surface area contributed by atoms with Crippen molar-refractivity contribution in [2.45, 2.75) is 45.8 Å². The molecule has 2 rings (SSSR count). The van der Waals surface area contributed by atoms with E-state index in [1.54, 1.807) is 11.0 Å². The molecule has 1 atom stereocenters. The highest BCUT2D eigenvalue weighted by atomic mass is 16.6. The summed E-state index contributed by atoms with van der Waals surface area (Å²) >= 11 is 0. The van der Waals surface area contributed by atoms with E-state index < -0.39 is 5.60 Å². The molecular weight excluding hydrogens is 284 g/mol. The van der Waals surface area contributed by atoms with E-state index in [0.717, 1.165) is 6.42 Å². The van der Waals surface area contributed by atoms with Gasteiger partial charge in [0.1, 0.15) is 17.7 Å². The Morgan fingerprint density at radius 3 is 2.91 bits per heavy atom. The summed E-state index contributed by atoms with van der Waals surface area (Å²) in [4.78, 5) is 22.0. The Morgan fingerprint density at radius 1 is 1.45 bits per heavy atom. The van der Waals surface area contributed by atoms with Crippen molar-refractivity contribution in [3.05, 3.63) is 12.4 Å². The van der Waals surface area contributed by atoms with Gasteiger partial charge in [0.25, 0.3) is 0 Å². The van der Waals surface area contributed by atoms with Crippen molar-refractivity contribution in [3.63, 3.8) is 0 Å². The first kappa shape index (κ1) is 16.3.